The summed E-state index contributed by atoms with van der Waals surface area (Å²) in [6.07, 6.45) is 24.3. The molecule has 0 amide bonds. The van der Waals surface area contributed by atoms with Crippen LogP contribution >= 0.6 is 11.9 Å². The van der Waals surface area contributed by atoms with Gasteiger partial charge in [0.25, 0.3) is 0 Å². The molecular weight excluding hydrogens is 360 g/mol. The molecule has 0 aromatic carbocycles. The molecule has 0 aliphatic carbocycles. The second-order valence-corrected chi connectivity index (χ2v) is 9.85. The monoisotopic (exact) mass is 411 g/mol. The Balaban J connectivity index is 4.42. The highest BCUT2D eigenvalue weighted by Crippen LogP contribution is 2.27. The molecule has 0 atom stereocenters. The maximum atomic E-state index is 9.52. The predicted molar refractivity (Wildman–Crippen MR) is 128 cm³/mol. The molecule has 3 heteroatoms. The highest BCUT2D eigenvalue weighted by atomic mass is 32.2. The highest BCUT2D eigenvalue weighted by Gasteiger charge is 2.28. The second kappa shape index (κ2) is 21.5. The minimum Gasteiger partial charge on any atom is -0.248 e. The molecule has 166 valence electrons. The zero-order chi connectivity index (χ0) is 20.8. The standard InChI is InChI=1S/C25H51N2S/c1-4-7-10-13-16-19-22-27(28-25-26,23-20-17-14-11-8-5-2)24-21-18-15-12-9-6-3/h4-24H2,1-3H3/q+1. The third-order valence-corrected chi connectivity index (χ3v) is 7.01. The van der Waals surface area contributed by atoms with E-state index in [2.05, 4.69) is 26.2 Å². The topological polar surface area (TPSA) is 23.8 Å². The van der Waals surface area contributed by atoms with Crippen LogP contribution in [-0.2, 0) is 0 Å². The molecule has 0 unspecified atom stereocenters. The first-order valence-electron chi connectivity index (χ1n) is 12.7. The van der Waals surface area contributed by atoms with E-state index in [1.54, 1.807) is 11.9 Å². The summed E-state index contributed by atoms with van der Waals surface area (Å²) in [5.41, 5.74) is 0. The number of hydrogen-bond acceptors (Lipinski definition) is 2. The van der Waals surface area contributed by atoms with Gasteiger partial charge in [-0.1, -0.05) is 97.8 Å². The zero-order valence-corrected chi connectivity index (χ0v) is 20.5. The van der Waals surface area contributed by atoms with Crippen LogP contribution in [0.3, 0.4) is 0 Å². The Kier molecular flexibility index (Phi) is 21.4. The molecule has 0 N–H and O–H groups in total. The average Bonchev–Trinajstić information content (AvgIpc) is 2.70. The molecule has 0 radical (unpaired) electrons. The van der Waals surface area contributed by atoms with Crippen molar-refractivity contribution in [3.05, 3.63) is 0 Å². The number of rotatable bonds is 22. The normalized spacial score (nSPS) is 11.6. The minimum atomic E-state index is 1.01. The van der Waals surface area contributed by atoms with Gasteiger partial charge < -0.3 is 0 Å². The molecule has 0 fully saturated rings. The van der Waals surface area contributed by atoms with Crippen LogP contribution < -0.4 is 0 Å². The molecule has 0 aromatic heterocycles. The summed E-state index contributed by atoms with van der Waals surface area (Å²) in [6, 6.07) is 0. The molecule has 2 nitrogen and oxygen atoms in total. The number of nitriles is 1. The Hall–Kier alpha value is -0.200. The van der Waals surface area contributed by atoms with Gasteiger partial charge in [0.05, 0.1) is 19.6 Å². The smallest absolute Gasteiger partial charge is 0.196 e. The first kappa shape index (κ1) is 27.8. The SMILES string of the molecule is CCCCCCCC[N+](CCCCCCCC)(CCCCCCCC)SC#N. The fourth-order valence-corrected chi connectivity index (χ4v) is 4.93. The van der Waals surface area contributed by atoms with Crippen LogP contribution in [0.15, 0.2) is 0 Å². The molecule has 0 saturated heterocycles. The van der Waals surface area contributed by atoms with Gasteiger partial charge >= 0.3 is 0 Å². The van der Waals surface area contributed by atoms with E-state index in [4.69, 9.17) is 0 Å². The Bertz CT molecular complexity index is 310. The fraction of sp³-hybridized carbons (Fsp3) is 0.960. The number of hydrogen-bond donors (Lipinski definition) is 0. The van der Waals surface area contributed by atoms with Gasteiger partial charge in [-0.05, 0) is 38.5 Å². The van der Waals surface area contributed by atoms with E-state index in [0.717, 1.165) is 3.89 Å². The maximum absolute atomic E-state index is 9.52. The summed E-state index contributed by atoms with van der Waals surface area (Å²) in [7, 11) is 0. The molecule has 0 heterocycles. The van der Waals surface area contributed by atoms with Crippen molar-refractivity contribution in [1.82, 2.24) is 0 Å². The van der Waals surface area contributed by atoms with Crippen molar-refractivity contribution in [2.24, 2.45) is 0 Å². The average molecular weight is 412 g/mol. The van der Waals surface area contributed by atoms with E-state index >= 15 is 0 Å². The number of quaternary nitrogens is 1. The minimum absolute atomic E-state index is 1.01. The van der Waals surface area contributed by atoms with E-state index < -0.39 is 0 Å². The third kappa shape index (κ3) is 16.7. The van der Waals surface area contributed by atoms with Crippen molar-refractivity contribution in [1.29, 1.82) is 5.26 Å². The Labute approximate surface area is 182 Å². The summed E-state index contributed by atoms with van der Waals surface area (Å²) >= 11 is 1.57. The van der Waals surface area contributed by atoms with Crippen LogP contribution in [0.5, 0.6) is 0 Å². The molecule has 0 aliphatic heterocycles. The van der Waals surface area contributed by atoms with Crippen molar-refractivity contribution >= 4 is 11.9 Å². The largest absolute Gasteiger partial charge is 0.248 e. The van der Waals surface area contributed by atoms with E-state index in [0.29, 0.717) is 0 Å². The number of thiocyanates is 1. The summed E-state index contributed by atoms with van der Waals surface area (Å²) in [4.78, 5) is 0. The van der Waals surface area contributed by atoms with Crippen LogP contribution in [0.2, 0.25) is 0 Å². The van der Waals surface area contributed by atoms with Crippen molar-refractivity contribution < 1.29 is 3.89 Å². The first-order valence-corrected chi connectivity index (χ1v) is 13.5. The van der Waals surface area contributed by atoms with Gasteiger partial charge in [0, 0.05) is 0 Å². The van der Waals surface area contributed by atoms with Gasteiger partial charge in [-0.25, -0.2) is 3.89 Å². The molecule has 0 bridgehead atoms. The summed E-state index contributed by atoms with van der Waals surface area (Å²) in [5, 5.41) is 12.0. The predicted octanol–water partition coefficient (Wildman–Crippen LogP) is 9.01. The summed E-state index contributed by atoms with van der Waals surface area (Å²) in [5.74, 6) is 0. The number of nitrogens with zero attached hydrogens (tertiary/aromatic N) is 2. The highest BCUT2D eigenvalue weighted by molar-refractivity contribution is 7.98. The second-order valence-electron chi connectivity index (χ2n) is 8.71. The maximum Gasteiger partial charge on any atom is 0.196 e. The summed E-state index contributed by atoms with van der Waals surface area (Å²) in [6.45, 7) is 10.5. The van der Waals surface area contributed by atoms with Gasteiger partial charge in [-0.3, -0.25) is 0 Å². The van der Waals surface area contributed by atoms with Crippen molar-refractivity contribution in [2.75, 3.05) is 19.6 Å². The Morgan fingerprint density at radius 3 is 1.07 bits per heavy atom. The van der Waals surface area contributed by atoms with Gasteiger partial charge in [0.1, 0.15) is 0 Å². The zero-order valence-electron chi connectivity index (χ0n) is 19.7. The van der Waals surface area contributed by atoms with Crippen LogP contribution in [0.25, 0.3) is 0 Å². The lowest BCUT2D eigenvalue weighted by molar-refractivity contribution is -0.795. The first-order chi connectivity index (χ1) is 13.7. The van der Waals surface area contributed by atoms with Crippen molar-refractivity contribution in [3.63, 3.8) is 0 Å². The Morgan fingerprint density at radius 2 is 0.786 bits per heavy atom. The van der Waals surface area contributed by atoms with Crippen molar-refractivity contribution in [2.45, 2.75) is 136 Å². The van der Waals surface area contributed by atoms with Crippen LogP contribution in [0.1, 0.15) is 136 Å². The van der Waals surface area contributed by atoms with Crippen LogP contribution in [0, 0.1) is 10.7 Å². The molecule has 0 aliphatic rings. The molecular formula is C25H51N2S+. The lowest BCUT2D eigenvalue weighted by Gasteiger charge is -2.34. The molecule has 0 spiro atoms. The van der Waals surface area contributed by atoms with Crippen LogP contribution in [0.4, 0.5) is 0 Å². The van der Waals surface area contributed by atoms with E-state index in [-0.39, 0.29) is 0 Å². The molecule has 0 saturated carbocycles. The van der Waals surface area contributed by atoms with E-state index in [9.17, 15) is 5.26 Å². The van der Waals surface area contributed by atoms with Gasteiger partial charge in [0.15, 0.2) is 17.3 Å². The lowest BCUT2D eigenvalue weighted by atomic mass is 10.1. The number of unbranched alkanes of at least 4 members (excludes halogenated alkanes) is 15. The third-order valence-electron chi connectivity index (χ3n) is 5.99. The molecule has 0 aromatic rings. The van der Waals surface area contributed by atoms with Crippen LogP contribution in [-0.4, -0.2) is 23.5 Å². The lowest BCUT2D eigenvalue weighted by Crippen LogP contribution is -2.43. The van der Waals surface area contributed by atoms with E-state index in [1.807, 2.05) is 0 Å². The van der Waals surface area contributed by atoms with Gasteiger partial charge in [-0.2, -0.15) is 5.26 Å². The van der Waals surface area contributed by atoms with Crippen molar-refractivity contribution in [3.8, 4) is 5.40 Å². The Morgan fingerprint density at radius 1 is 0.500 bits per heavy atom. The van der Waals surface area contributed by atoms with Gasteiger partial charge in [-0.15, -0.1) is 0 Å². The van der Waals surface area contributed by atoms with Gasteiger partial charge in [0.2, 0.25) is 0 Å². The summed E-state index contributed by atoms with van der Waals surface area (Å²) < 4.78 is 1.01. The fourth-order valence-electron chi connectivity index (χ4n) is 4.10. The molecule has 0 rings (SSSR count). The molecule has 28 heavy (non-hydrogen) atoms. The van der Waals surface area contributed by atoms with E-state index in [1.165, 1.54) is 135 Å². The quantitative estimate of drug-likeness (QED) is 0.0767.